The average molecular weight is 171 g/mol. The fraction of sp³-hybridized carbons (Fsp3) is 0.667. The number of allylic oxidation sites excluding steroid dienone is 2. The predicted molar refractivity (Wildman–Crippen MR) is 49.8 cm³/mol. The summed E-state index contributed by atoms with van der Waals surface area (Å²) in [7, 11) is 1.71. The van der Waals surface area contributed by atoms with Gasteiger partial charge in [0.05, 0.1) is 6.21 Å². The van der Waals surface area contributed by atoms with Gasteiger partial charge in [0.15, 0.2) is 0 Å². The van der Waals surface area contributed by atoms with E-state index in [2.05, 4.69) is 11.2 Å². The van der Waals surface area contributed by atoms with Crippen LogP contribution in [0.15, 0.2) is 16.8 Å². The number of methoxy groups -OCH3 is 1. The molecule has 3 nitrogen and oxygen atoms in total. The molecule has 0 aromatic heterocycles. The Labute approximate surface area is 73.7 Å². The number of hydrogen-bond donors (Lipinski definition) is 1. The number of hydrogen-bond acceptors (Lipinski definition) is 3. The summed E-state index contributed by atoms with van der Waals surface area (Å²) >= 11 is 0. The Bertz CT molecular complexity index is 153. The van der Waals surface area contributed by atoms with Crippen LogP contribution in [0.4, 0.5) is 0 Å². The van der Waals surface area contributed by atoms with Crippen molar-refractivity contribution in [2.24, 2.45) is 5.16 Å². The number of unbranched alkanes of at least 4 members (excludes halogenated alkanes) is 2. The summed E-state index contributed by atoms with van der Waals surface area (Å²) in [5.41, 5.74) is 0.995. The van der Waals surface area contributed by atoms with E-state index in [1.54, 1.807) is 7.11 Å². The summed E-state index contributed by atoms with van der Waals surface area (Å²) in [5, 5.41) is 11.1. The lowest BCUT2D eigenvalue weighted by Gasteiger charge is -1.96. The SMILES string of the molecule is COCCCC/C=C(C)/C=N/O. The van der Waals surface area contributed by atoms with E-state index in [0.717, 1.165) is 31.4 Å². The number of rotatable bonds is 6. The van der Waals surface area contributed by atoms with E-state index in [1.807, 2.05) is 6.92 Å². The second kappa shape index (κ2) is 8.27. The van der Waals surface area contributed by atoms with Crippen molar-refractivity contribution < 1.29 is 9.94 Å². The van der Waals surface area contributed by atoms with Crippen LogP contribution in [0.25, 0.3) is 0 Å². The molecule has 0 unspecified atom stereocenters. The van der Waals surface area contributed by atoms with Gasteiger partial charge >= 0.3 is 0 Å². The van der Waals surface area contributed by atoms with Crippen LogP contribution in [0, 0.1) is 0 Å². The van der Waals surface area contributed by atoms with Gasteiger partial charge in [-0.1, -0.05) is 11.2 Å². The molecule has 0 aromatic carbocycles. The van der Waals surface area contributed by atoms with Crippen molar-refractivity contribution >= 4 is 6.21 Å². The highest BCUT2D eigenvalue weighted by molar-refractivity contribution is 5.76. The maximum atomic E-state index is 8.19. The molecule has 0 aromatic rings. The maximum absolute atomic E-state index is 8.19. The zero-order valence-corrected chi connectivity index (χ0v) is 7.79. The minimum absolute atomic E-state index is 0.820. The lowest BCUT2D eigenvalue weighted by atomic mass is 10.2. The molecular formula is C9H17NO2. The topological polar surface area (TPSA) is 41.8 Å². The minimum atomic E-state index is 0.820. The normalized spacial score (nSPS) is 12.7. The van der Waals surface area contributed by atoms with Crippen molar-refractivity contribution in [2.45, 2.75) is 26.2 Å². The Morgan fingerprint density at radius 3 is 2.83 bits per heavy atom. The molecule has 0 rings (SSSR count). The molecule has 12 heavy (non-hydrogen) atoms. The Morgan fingerprint density at radius 2 is 2.25 bits per heavy atom. The molecule has 0 radical (unpaired) electrons. The van der Waals surface area contributed by atoms with Crippen molar-refractivity contribution in [1.29, 1.82) is 0 Å². The molecule has 0 heterocycles. The first kappa shape index (κ1) is 11.2. The summed E-state index contributed by atoms with van der Waals surface area (Å²) in [4.78, 5) is 0. The summed E-state index contributed by atoms with van der Waals surface area (Å²) in [6.45, 7) is 2.73. The Balaban J connectivity index is 3.33. The van der Waals surface area contributed by atoms with Gasteiger partial charge in [0.1, 0.15) is 0 Å². The summed E-state index contributed by atoms with van der Waals surface area (Å²) in [6, 6.07) is 0. The molecule has 70 valence electrons. The van der Waals surface area contributed by atoms with Crippen LogP contribution in [0.3, 0.4) is 0 Å². The molecule has 0 aliphatic heterocycles. The Morgan fingerprint density at radius 1 is 1.50 bits per heavy atom. The van der Waals surface area contributed by atoms with Crippen molar-refractivity contribution in [3.05, 3.63) is 11.6 Å². The van der Waals surface area contributed by atoms with Gasteiger partial charge < -0.3 is 9.94 Å². The summed E-state index contributed by atoms with van der Waals surface area (Å²) < 4.78 is 4.91. The Kier molecular flexibility index (Phi) is 7.70. The van der Waals surface area contributed by atoms with Gasteiger partial charge in [-0.15, -0.1) is 0 Å². The standard InChI is InChI=1S/C9H17NO2/c1-9(8-10-11)6-4-3-5-7-12-2/h6,8,11H,3-5,7H2,1-2H3/b9-6+,10-8+. The molecule has 0 spiro atoms. The predicted octanol–water partition coefficient (Wildman–Crippen LogP) is 2.21. The molecular weight excluding hydrogens is 154 g/mol. The van der Waals surface area contributed by atoms with E-state index in [0.29, 0.717) is 0 Å². The molecule has 0 saturated carbocycles. The summed E-state index contributed by atoms with van der Waals surface area (Å²) in [6.07, 6.45) is 6.70. The molecule has 0 saturated heterocycles. The molecule has 0 aliphatic carbocycles. The Hall–Kier alpha value is -0.830. The average Bonchev–Trinajstić information content (AvgIpc) is 2.05. The van der Waals surface area contributed by atoms with Crippen LogP contribution in [-0.2, 0) is 4.74 Å². The molecule has 0 amide bonds. The van der Waals surface area contributed by atoms with Crippen LogP contribution in [-0.4, -0.2) is 25.1 Å². The van der Waals surface area contributed by atoms with Crippen molar-refractivity contribution in [2.75, 3.05) is 13.7 Å². The highest BCUT2D eigenvalue weighted by Gasteiger charge is 1.86. The molecule has 0 aliphatic rings. The molecule has 0 bridgehead atoms. The van der Waals surface area contributed by atoms with Crippen molar-refractivity contribution in [3.8, 4) is 0 Å². The van der Waals surface area contributed by atoms with E-state index in [4.69, 9.17) is 9.94 Å². The van der Waals surface area contributed by atoms with E-state index in [-0.39, 0.29) is 0 Å². The molecule has 0 fully saturated rings. The first-order valence-corrected chi connectivity index (χ1v) is 4.14. The highest BCUT2D eigenvalue weighted by Crippen LogP contribution is 1.99. The van der Waals surface area contributed by atoms with E-state index < -0.39 is 0 Å². The lowest BCUT2D eigenvalue weighted by Crippen LogP contribution is -1.87. The van der Waals surface area contributed by atoms with Crippen LogP contribution in [0.5, 0.6) is 0 Å². The second-order valence-corrected chi connectivity index (χ2v) is 2.68. The van der Waals surface area contributed by atoms with E-state index in [1.165, 1.54) is 6.21 Å². The fourth-order valence-corrected chi connectivity index (χ4v) is 0.864. The zero-order valence-electron chi connectivity index (χ0n) is 7.79. The van der Waals surface area contributed by atoms with Crippen LogP contribution < -0.4 is 0 Å². The van der Waals surface area contributed by atoms with Crippen LogP contribution in [0.2, 0.25) is 0 Å². The molecule has 0 atom stereocenters. The zero-order chi connectivity index (χ0) is 9.23. The first-order chi connectivity index (χ1) is 5.81. The maximum Gasteiger partial charge on any atom is 0.0687 e. The first-order valence-electron chi connectivity index (χ1n) is 4.14. The van der Waals surface area contributed by atoms with Crippen LogP contribution in [0.1, 0.15) is 26.2 Å². The van der Waals surface area contributed by atoms with E-state index in [9.17, 15) is 0 Å². The van der Waals surface area contributed by atoms with Gasteiger partial charge in [0.25, 0.3) is 0 Å². The highest BCUT2D eigenvalue weighted by atomic mass is 16.5. The van der Waals surface area contributed by atoms with Crippen molar-refractivity contribution in [3.63, 3.8) is 0 Å². The molecule has 3 heteroatoms. The summed E-state index contributed by atoms with van der Waals surface area (Å²) in [5.74, 6) is 0. The van der Waals surface area contributed by atoms with Gasteiger partial charge in [-0.3, -0.25) is 0 Å². The van der Waals surface area contributed by atoms with Gasteiger partial charge in [-0.2, -0.15) is 0 Å². The third-order valence-electron chi connectivity index (χ3n) is 1.53. The van der Waals surface area contributed by atoms with E-state index >= 15 is 0 Å². The number of nitrogens with zero attached hydrogens (tertiary/aromatic N) is 1. The quantitative estimate of drug-likeness (QED) is 0.288. The molecule has 1 N–H and O–H groups in total. The second-order valence-electron chi connectivity index (χ2n) is 2.68. The van der Waals surface area contributed by atoms with Gasteiger partial charge in [-0.05, 0) is 31.8 Å². The smallest absolute Gasteiger partial charge is 0.0687 e. The van der Waals surface area contributed by atoms with Crippen LogP contribution >= 0.6 is 0 Å². The largest absolute Gasteiger partial charge is 0.411 e. The van der Waals surface area contributed by atoms with Gasteiger partial charge in [-0.25, -0.2) is 0 Å². The lowest BCUT2D eigenvalue weighted by molar-refractivity contribution is 0.193. The van der Waals surface area contributed by atoms with Gasteiger partial charge in [0, 0.05) is 13.7 Å². The monoisotopic (exact) mass is 171 g/mol. The van der Waals surface area contributed by atoms with Gasteiger partial charge in [0.2, 0.25) is 0 Å². The number of ether oxygens (including phenoxy) is 1. The number of oxime groups is 1. The third kappa shape index (κ3) is 7.28. The minimum Gasteiger partial charge on any atom is -0.411 e. The third-order valence-corrected chi connectivity index (χ3v) is 1.53. The fourth-order valence-electron chi connectivity index (χ4n) is 0.864. The van der Waals surface area contributed by atoms with Crippen molar-refractivity contribution in [1.82, 2.24) is 0 Å².